The number of anilines is 1. The Morgan fingerprint density at radius 3 is 2.23 bits per heavy atom. The molecule has 166 valence electrons. The van der Waals surface area contributed by atoms with Gasteiger partial charge in [0, 0.05) is 44.3 Å². The van der Waals surface area contributed by atoms with Crippen LogP contribution in [0.2, 0.25) is 0 Å². The fraction of sp³-hybridized carbons (Fsp3) is 0.522. The third kappa shape index (κ3) is 6.23. The smallest absolute Gasteiger partial charge is 0.269 e. The number of nitrogens with one attached hydrogen (secondary N) is 2. The summed E-state index contributed by atoms with van der Waals surface area (Å²) in [6.07, 6.45) is 6.81. The van der Waals surface area contributed by atoms with Gasteiger partial charge in [-0.25, -0.2) is 9.97 Å². The van der Waals surface area contributed by atoms with E-state index in [0.29, 0.717) is 35.6 Å². The number of rotatable bonds is 7. The molecule has 8 heteroatoms. The number of aromatic nitrogens is 3. The Kier molecular flexibility index (Phi) is 7.55. The van der Waals surface area contributed by atoms with Gasteiger partial charge in [0.05, 0.1) is 5.56 Å². The van der Waals surface area contributed by atoms with Crippen LogP contribution in [0.25, 0.3) is 0 Å². The van der Waals surface area contributed by atoms with Crippen LogP contribution in [0.4, 0.5) is 5.95 Å². The minimum absolute atomic E-state index is 0.0712. The molecule has 0 atom stereocenters. The molecule has 0 aliphatic carbocycles. The van der Waals surface area contributed by atoms with Crippen LogP contribution in [0, 0.1) is 5.92 Å². The summed E-state index contributed by atoms with van der Waals surface area (Å²) in [5.74, 6) is 1.15. The van der Waals surface area contributed by atoms with Crippen molar-refractivity contribution >= 4 is 17.8 Å². The highest BCUT2D eigenvalue weighted by Crippen LogP contribution is 2.20. The van der Waals surface area contributed by atoms with E-state index >= 15 is 0 Å². The summed E-state index contributed by atoms with van der Waals surface area (Å²) >= 11 is 0. The van der Waals surface area contributed by atoms with Gasteiger partial charge in [0.25, 0.3) is 11.8 Å². The number of piperidine rings is 1. The fourth-order valence-electron chi connectivity index (χ4n) is 3.49. The average molecular weight is 425 g/mol. The molecule has 3 rings (SSSR count). The zero-order valence-electron chi connectivity index (χ0n) is 18.8. The highest BCUT2D eigenvalue weighted by molar-refractivity contribution is 5.93. The van der Waals surface area contributed by atoms with Crippen LogP contribution in [0.5, 0.6) is 0 Å². The minimum Gasteiger partial charge on any atom is -0.350 e. The largest absolute Gasteiger partial charge is 0.350 e. The maximum Gasteiger partial charge on any atom is 0.269 e. The molecule has 1 aliphatic heterocycles. The van der Waals surface area contributed by atoms with E-state index in [0.717, 1.165) is 31.5 Å². The van der Waals surface area contributed by atoms with Crippen molar-refractivity contribution < 1.29 is 9.59 Å². The second-order valence-electron chi connectivity index (χ2n) is 8.67. The van der Waals surface area contributed by atoms with Gasteiger partial charge in [-0.3, -0.25) is 14.6 Å². The van der Waals surface area contributed by atoms with Crippen LogP contribution in [-0.2, 0) is 0 Å². The van der Waals surface area contributed by atoms with Crippen LogP contribution in [0.15, 0.2) is 30.7 Å². The van der Waals surface area contributed by atoms with Gasteiger partial charge in [-0.2, -0.15) is 0 Å². The van der Waals surface area contributed by atoms with Crippen LogP contribution in [-0.4, -0.2) is 52.4 Å². The van der Waals surface area contributed by atoms with Crippen molar-refractivity contribution in [3.8, 4) is 0 Å². The molecule has 3 heterocycles. The third-order valence-electron chi connectivity index (χ3n) is 5.45. The SMILES string of the molecule is CC(C)NC(=O)c1cnc(N2CCC(CNC(=O)c3ccc(C(C)C)cn3)CC2)nc1. The Balaban J connectivity index is 1.45. The van der Waals surface area contributed by atoms with Gasteiger partial charge >= 0.3 is 0 Å². The maximum absolute atomic E-state index is 12.4. The molecule has 0 saturated carbocycles. The molecule has 0 radical (unpaired) electrons. The molecule has 1 aliphatic rings. The summed E-state index contributed by atoms with van der Waals surface area (Å²) < 4.78 is 0. The second-order valence-corrected chi connectivity index (χ2v) is 8.67. The van der Waals surface area contributed by atoms with Gasteiger partial charge in [-0.1, -0.05) is 19.9 Å². The predicted molar refractivity (Wildman–Crippen MR) is 120 cm³/mol. The zero-order chi connectivity index (χ0) is 22.4. The van der Waals surface area contributed by atoms with Crippen molar-refractivity contribution in [2.24, 2.45) is 5.92 Å². The normalized spacial score (nSPS) is 14.7. The Morgan fingerprint density at radius 1 is 1.00 bits per heavy atom. The maximum atomic E-state index is 12.4. The standard InChI is InChI=1S/C23H32N6O2/c1-15(2)18-5-6-20(24-12-18)22(31)25-11-17-7-9-29(10-8-17)23-26-13-19(14-27-23)21(30)28-16(3)4/h5-6,12-17H,7-11H2,1-4H3,(H,25,31)(H,28,30). The lowest BCUT2D eigenvalue weighted by molar-refractivity contribution is 0.0932. The summed E-state index contributed by atoms with van der Waals surface area (Å²) in [6.45, 7) is 10.3. The number of hydrogen-bond donors (Lipinski definition) is 2. The fourth-order valence-corrected chi connectivity index (χ4v) is 3.49. The number of hydrogen-bond acceptors (Lipinski definition) is 6. The number of amides is 2. The van der Waals surface area contributed by atoms with Crippen molar-refractivity contribution in [1.82, 2.24) is 25.6 Å². The summed E-state index contributed by atoms with van der Waals surface area (Å²) in [6, 6.07) is 3.82. The van der Waals surface area contributed by atoms with Crippen molar-refractivity contribution in [2.75, 3.05) is 24.5 Å². The van der Waals surface area contributed by atoms with Crippen molar-refractivity contribution in [3.05, 3.63) is 47.5 Å². The molecule has 0 bridgehead atoms. The molecule has 0 aromatic carbocycles. The number of carbonyl (C=O) groups is 2. The Morgan fingerprint density at radius 2 is 1.68 bits per heavy atom. The van der Waals surface area contributed by atoms with E-state index in [1.165, 1.54) is 0 Å². The third-order valence-corrected chi connectivity index (χ3v) is 5.45. The Bertz CT molecular complexity index is 872. The summed E-state index contributed by atoms with van der Waals surface area (Å²) in [4.78, 5) is 39.5. The van der Waals surface area contributed by atoms with Crippen LogP contribution in [0.1, 0.15) is 72.9 Å². The summed E-state index contributed by atoms with van der Waals surface area (Å²) in [5, 5.41) is 5.85. The van der Waals surface area contributed by atoms with Crippen molar-refractivity contribution in [1.29, 1.82) is 0 Å². The van der Waals surface area contributed by atoms with Crippen LogP contribution in [0.3, 0.4) is 0 Å². The van der Waals surface area contributed by atoms with E-state index in [1.54, 1.807) is 24.7 Å². The molecule has 2 amide bonds. The molecular weight excluding hydrogens is 392 g/mol. The van der Waals surface area contributed by atoms with Gasteiger partial charge < -0.3 is 15.5 Å². The quantitative estimate of drug-likeness (QED) is 0.709. The molecule has 2 aromatic rings. The molecule has 2 aromatic heterocycles. The molecular formula is C23H32N6O2. The van der Waals surface area contributed by atoms with E-state index in [2.05, 4.69) is 44.3 Å². The molecule has 0 unspecified atom stereocenters. The molecule has 8 nitrogen and oxygen atoms in total. The molecule has 31 heavy (non-hydrogen) atoms. The van der Waals surface area contributed by atoms with E-state index in [4.69, 9.17) is 0 Å². The predicted octanol–water partition coefficient (Wildman–Crippen LogP) is 2.78. The topological polar surface area (TPSA) is 100 Å². The summed E-state index contributed by atoms with van der Waals surface area (Å²) in [7, 11) is 0. The van der Waals surface area contributed by atoms with Gasteiger partial charge in [0.2, 0.25) is 5.95 Å². The lowest BCUT2D eigenvalue weighted by atomic mass is 9.97. The van der Waals surface area contributed by atoms with E-state index in [9.17, 15) is 9.59 Å². The first kappa shape index (κ1) is 22.7. The monoisotopic (exact) mass is 424 g/mol. The Hall–Kier alpha value is -3.03. The van der Waals surface area contributed by atoms with Gasteiger partial charge in [-0.15, -0.1) is 0 Å². The van der Waals surface area contributed by atoms with E-state index in [1.807, 2.05) is 19.9 Å². The molecule has 1 saturated heterocycles. The first-order chi connectivity index (χ1) is 14.8. The van der Waals surface area contributed by atoms with Crippen LogP contribution < -0.4 is 15.5 Å². The molecule has 1 fully saturated rings. The van der Waals surface area contributed by atoms with Crippen molar-refractivity contribution in [3.63, 3.8) is 0 Å². The highest BCUT2D eigenvalue weighted by atomic mass is 16.2. The average Bonchev–Trinajstić information content (AvgIpc) is 2.77. The first-order valence-electron chi connectivity index (χ1n) is 11.0. The first-order valence-corrected chi connectivity index (χ1v) is 11.0. The van der Waals surface area contributed by atoms with E-state index in [-0.39, 0.29) is 17.9 Å². The number of carbonyl (C=O) groups excluding carboxylic acids is 2. The second kappa shape index (κ2) is 10.3. The van der Waals surface area contributed by atoms with E-state index < -0.39 is 0 Å². The Labute approximate surface area is 183 Å². The number of pyridine rings is 1. The molecule has 2 N–H and O–H groups in total. The highest BCUT2D eigenvalue weighted by Gasteiger charge is 2.22. The van der Waals surface area contributed by atoms with Crippen molar-refractivity contribution in [2.45, 2.75) is 52.5 Å². The van der Waals surface area contributed by atoms with Crippen LogP contribution >= 0.6 is 0 Å². The number of nitrogens with zero attached hydrogens (tertiary/aromatic N) is 4. The lowest BCUT2D eigenvalue weighted by Crippen LogP contribution is -2.39. The lowest BCUT2D eigenvalue weighted by Gasteiger charge is -2.32. The minimum atomic E-state index is -0.163. The zero-order valence-corrected chi connectivity index (χ0v) is 18.8. The summed E-state index contributed by atoms with van der Waals surface area (Å²) in [5.41, 5.74) is 2.04. The van der Waals surface area contributed by atoms with Gasteiger partial charge in [-0.05, 0) is 50.2 Å². The molecule has 0 spiro atoms. The van der Waals surface area contributed by atoms with Gasteiger partial charge in [0.1, 0.15) is 5.69 Å². The van der Waals surface area contributed by atoms with Gasteiger partial charge in [0.15, 0.2) is 0 Å².